The molecule has 0 heterocycles. The number of aryl methyl sites for hydroxylation is 1. The van der Waals surface area contributed by atoms with Gasteiger partial charge in [0.25, 0.3) is 0 Å². The molecule has 0 saturated heterocycles. The number of nitrogens with one attached hydrogen (secondary N) is 2. The van der Waals surface area contributed by atoms with Crippen LogP contribution in [0.1, 0.15) is 51.5 Å². The van der Waals surface area contributed by atoms with E-state index in [4.69, 9.17) is 28.6 Å². The van der Waals surface area contributed by atoms with E-state index < -0.39 is 0 Å². The highest BCUT2D eigenvalue weighted by Crippen LogP contribution is 2.22. The Kier molecular flexibility index (Phi) is 11.1. The monoisotopic (exact) mass is 370 g/mol. The van der Waals surface area contributed by atoms with E-state index in [-0.39, 0.29) is 0 Å². The van der Waals surface area contributed by atoms with Gasteiger partial charge in [0, 0.05) is 19.8 Å². The Bertz CT molecular complexity index is 496. The van der Waals surface area contributed by atoms with Crippen LogP contribution in [0, 0.1) is 12.8 Å². The number of rotatable bonds is 11. The van der Waals surface area contributed by atoms with Crippen LogP contribution in [0.5, 0.6) is 0 Å². The van der Waals surface area contributed by atoms with E-state index in [9.17, 15) is 0 Å². The van der Waals surface area contributed by atoms with E-state index in [1.54, 1.807) is 0 Å². The summed E-state index contributed by atoms with van der Waals surface area (Å²) in [5.74, 6) is 0.698. The molecule has 0 fully saturated rings. The fourth-order valence-corrected chi connectivity index (χ4v) is 2.91. The third-order valence-corrected chi connectivity index (χ3v) is 4.58. The molecule has 0 aromatic heterocycles. The average Bonchev–Trinajstić information content (AvgIpc) is 2.56. The summed E-state index contributed by atoms with van der Waals surface area (Å²) < 4.78 is 5.79. The van der Waals surface area contributed by atoms with Gasteiger partial charge in [-0.15, -0.1) is 0 Å². The van der Waals surface area contributed by atoms with Gasteiger partial charge in [0.1, 0.15) is 0 Å². The third kappa shape index (κ3) is 8.86. The lowest BCUT2D eigenvalue weighted by molar-refractivity contribution is 0.0928. The highest BCUT2D eigenvalue weighted by atomic mass is 35.5. The molecule has 1 rings (SSSR count). The number of anilines is 1. The molecule has 2 N–H and O–H groups in total. The van der Waals surface area contributed by atoms with Crippen LogP contribution in [-0.4, -0.2) is 24.9 Å². The van der Waals surface area contributed by atoms with Crippen molar-refractivity contribution in [3.8, 4) is 0 Å². The van der Waals surface area contributed by atoms with E-state index in [0.29, 0.717) is 16.1 Å². The first-order chi connectivity index (χ1) is 11.6. The van der Waals surface area contributed by atoms with E-state index in [1.807, 2.05) is 25.1 Å². The van der Waals surface area contributed by atoms with Crippen molar-refractivity contribution in [2.45, 2.75) is 52.9 Å². The molecule has 136 valence electrons. The molecule has 0 saturated carbocycles. The molecule has 1 aromatic carbocycles. The van der Waals surface area contributed by atoms with Crippen molar-refractivity contribution < 1.29 is 4.74 Å². The van der Waals surface area contributed by atoms with Gasteiger partial charge in [-0.05, 0) is 55.6 Å². The molecule has 0 aliphatic rings. The van der Waals surface area contributed by atoms with Gasteiger partial charge in [0.2, 0.25) is 0 Å². The SMILES string of the molecule is CCCCC(CC)COCCCNC(=S)Nc1ccc(C)cc1Cl. The lowest BCUT2D eigenvalue weighted by Gasteiger charge is -2.15. The minimum atomic E-state index is 0.593. The number of benzene rings is 1. The van der Waals surface area contributed by atoms with Crippen molar-refractivity contribution in [1.29, 1.82) is 0 Å². The molecule has 0 amide bonds. The minimum absolute atomic E-state index is 0.593. The van der Waals surface area contributed by atoms with Crippen molar-refractivity contribution in [3.05, 3.63) is 28.8 Å². The predicted molar refractivity (Wildman–Crippen MR) is 109 cm³/mol. The molecule has 5 heteroatoms. The van der Waals surface area contributed by atoms with Crippen LogP contribution >= 0.6 is 23.8 Å². The highest BCUT2D eigenvalue weighted by Gasteiger charge is 2.06. The number of halogens is 1. The maximum Gasteiger partial charge on any atom is 0.170 e. The summed E-state index contributed by atoms with van der Waals surface area (Å²) in [6, 6.07) is 5.87. The normalized spacial score (nSPS) is 12.0. The second-order valence-corrected chi connectivity index (χ2v) is 7.02. The third-order valence-electron chi connectivity index (χ3n) is 4.02. The van der Waals surface area contributed by atoms with Crippen molar-refractivity contribution >= 4 is 34.6 Å². The van der Waals surface area contributed by atoms with Crippen molar-refractivity contribution in [2.24, 2.45) is 5.92 Å². The second kappa shape index (κ2) is 12.5. The van der Waals surface area contributed by atoms with E-state index in [0.717, 1.165) is 37.4 Å². The standard InChI is InChI=1S/C19H31ClN2OS/c1-4-6-8-16(5-2)14-23-12-7-11-21-19(24)22-18-10-9-15(3)13-17(18)20/h9-10,13,16H,4-8,11-12,14H2,1-3H3,(H2,21,22,24). The summed E-state index contributed by atoms with van der Waals surface area (Å²) in [6.07, 6.45) is 5.97. The van der Waals surface area contributed by atoms with Crippen LogP contribution in [-0.2, 0) is 4.74 Å². The molecule has 3 nitrogen and oxygen atoms in total. The quantitative estimate of drug-likeness (QED) is 0.394. The second-order valence-electron chi connectivity index (χ2n) is 6.21. The molecule has 1 aromatic rings. The summed E-state index contributed by atoms with van der Waals surface area (Å²) in [4.78, 5) is 0. The number of unbranched alkanes of at least 4 members (excludes halogenated alkanes) is 1. The molecule has 1 atom stereocenters. The molecule has 0 bridgehead atoms. The van der Waals surface area contributed by atoms with Crippen LogP contribution in [0.4, 0.5) is 5.69 Å². The van der Waals surface area contributed by atoms with Gasteiger partial charge in [-0.25, -0.2) is 0 Å². The minimum Gasteiger partial charge on any atom is -0.381 e. The van der Waals surface area contributed by atoms with Gasteiger partial charge < -0.3 is 15.4 Å². The first-order valence-corrected chi connectivity index (χ1v) is 9.74. The Labute approximate surface area is 157 Å². The smallest absolute Gasteiger partial charge is 0.170 e. The Hall–Kier alpha value is -0.840. The Morgan fingerprint density at radius 3 is 2.75 bits per heavy atom. The molecule has 0 radical (unpaired) electrons. The van der Waals surface area contributed by atoms with E-state index >= 15 is 0 Å². The van der Waals surface area contributed by atoms with E-state index in [1.165, 1.54) is 25.7 Å². The summed E-state index contributed by atoms with van der Waals surface area (Å²) in [7, 11) is 0. The van der Waals surface area contributed by atoms with Crippen molar-refractivity contribution in [2.75, 3.05) is 25.1 Å². The summed E-state index contributed by atoms with van der Waals surface area (Å²) in [5, 5.41) is 7.59. The molecule has 1 unspecified atom stereocenters. The van der Waals surface area contributed by atoms with Crippen LogP contribution < -0.4 is 10.6 Å². The zero-order valence-electron chi connectivity index (χ0n) is 15.2. The fraction of sp³-hybridized carbons (Fsp3) is 0.632. The van der Waals surface area contributed by atoms with Gasteiger partial charge >= 0.3 is 0 Å². The predicted octanol–water partition coefficient (Wildman–Crippen LogP) is 5.56. The highest BCUT2D eigenvalue weighted by molar-refractivity contribution is 7.80. The number of hydrogen-bond donors (Lipinski definition) is 2. The average molecular weight is 371 g/mol. The first kappa shape index (κ1) is 21.2. The Morgan fingerprint density at radius 1 is 1.29 bits per heavy atom. The van der Waals surface area contributed by atoms with Gasteiger partial charge in [-0.1, -0.05) is 50.8 Å². The van der Waals surface area contributed by atoms with Crippen molar-refractivity contribution in [1.82, 2.24) is 5.32 Å². The Morgan fingerprint density at radius 2 is 2.08 bits per heavy atom. The summed E-state index contributed by atoms with van der Waals surface area (Å²) >= 11 is 11.5. The summed E-state index contributed by atoms with van der Waals surface area (Å²) in [5.41, 5.74) is 1.96. The first-order valence-electron chi connectivity index (χ1n) is 8.95. The molecule has 0 aliphatic carbocycles. The van der Waals surface area contributed by atoms with Gasteiger partial charge in [0.05, 0.1) is 10.7 Å². The number of ether oxygens (including phenoxy) is 1. The fourth-order valence-electron chi connectivity index (χ4n) is 2.41. The maximum absolute atomic E-state index is 6.19. The van der Waals surface area contributed by atoms with Crippen molar-refractivity contribution in [3.63, 3.8) is 0 Å². The maximum atomic E-state index is 6.19. The van der Waals surface area contributed by atoms with E-state index in [2.05, 4.69) is 24.5 Å². The molecule has 0 spiro atoms. The van der Waals surface area contributed by atoms with Crippen LogP contribution in [0.15, 0.2) is 18.2 Å². The zero-order valence-corrected chi connectivity index (χ0v) is 16.7. The zero-order chi connectivity index (χ0) is 17.8. The lowest BCUT2D eigenvalue weighted by Crippen LogP contribution is -2.30. The summed E-state index contributed by atoms with van der Waals surface area (Å²) in [6.45, 7) is 8.92. The van der Waals surface area contributed by atoms with Crippen LogP contribution in [0.3, 0.4) is 0 Å². The lowest BCUT2D eigenvalue weighted by atomic mass is 10.0. The van der Waals surface area contributed by atoms with Crippen LogP contribution in [0.25, 0.3) is 0 Å². The molecule has 24 heavy (non-hydrogen) atoms. The van der Waals surface area contributed by atoms with Gasteiger partial charge in [-0.3, -0.25) is 0 Å². The molecule has 0 aliphatic heterocycles. The molecular weight excluding hydrogens is 340 g/mol. The number of hydrogen-bond acceptors (Lipinski definition) is 2. The molecular formula is C19H31ClN2OS. The number of thiocarbonyl (C=S) groups is 1. The van der Waals surface area contributed by atoms with Gasteiger partial charge in [-0.2, -0.15) is 0 Å². The van der Waals surface area contributed by atoms with Crippen LogP contribution in [0.2, 0.25) is 5.02 Å². The topological polar surface area (TPSA) is 33.3 Å². The van der Waals surface area contributed by atoms with Gasteiger partial charge in [0.15, 0.2) is 5.11 Å². The largest absolute Gasteiger partial charge is 0.381 e. The Balaban J connectivity index is 2.13.